The first-order valence-corrected chi connectivity index (χ1v) is 9.22. The van der Waals surface area contributed by atoms with Crippen LogP contribution in [-0.2, 0) is 11.3 Å². The Morgan fingerprint density at radius 2 is 2.17 bits per heavy atom. The lowest BCUT2D eigenvalue weighted by Gasteiger charge is -2.38. The Morgan fingerprint density at radius 1 is 1.26 bits per heavy atom. The summed E-state index contributed by atoms with van der Waals surface area (Å²) in [5, 5.41) is 4.11. The summed E-state index contributed by atoms with van der Waals surface area (Å²) in [5.74, 6) is 2.27. The van der Waals surface area contributed by atoms with E-state index < -0.39 is 0 Å². The molecule has 2 aliphatic rings. The molecule has 5 heteroatoms. The van der Waals surface area contributed by atoms with Crippen LogP contribution in [0.1, 0.15) is 30.8 Å². The zero-order chi connectivity index (χ0) is 15.9. The molecule has 1 atom stereocenters. The quantitative estimate of drug-likeness (QED) is 0.861. The van der Waals surface area contributed by atoms with Crippen molar-refractivity contribution in [2.45, 2.75) is 32.7 Å². The Bertz CT molecular complexity index is 694. The highest BCUT2D eigenvalue weighted by molar-refractivity contribution is 7.08. The Hall–Kier alpha value is -1.59. The molecule has 0 saturated carbocycles. The van der Waals surface area contributed by atoms with Crippen LogP contribution >= 0.6 is 11.3 Å². The first-order valence-electron chi connectivity index (χ1n) is 8.28. The van der Waals surface area contributed by atoms with Gasteiger partial charge in [-0.3, -0.25) is 9.69 Å². The van der Waals surface area contributed by atoms with Crippen LogP contribution in [0.5, 0.6) is 0 Å². The highest BCUT2D eigenvalue weighted by atomic mass is 32.1. The number of hydrogen-bond donors (Lipinski definition) is 0. The summed E-state index contributed by atoms with van der Waals surface area (Å²) >= 11 is 1.65. The predicted octanol–water partition coefficient (Wildman–Crippen LogP) is 3.67. The second kappa shape index (κ2) is 5.80. The highest BCUT2D eigenvalue weighted by Gasteiger charge is 2.49. The number of aryl methyl sites for hydroxylation is 1. The fraction of sp³-hybridized carbons (Fsp3) is 0.500. The van der Waals surface area contributed by atoms with E-state index in [4.69, 9.17) is 4.42 Å². The highest BCUT2D eigenvalue weighted by Crippen LogP contribution is 2.42. The van der Waals surface area contributed by atoms with Crippen molar-refractivity contribution in [1.29, 1.82) is 0 Å². The summed E-state index contributed by atoms with van der Waals surface area (Å²) in [5.41, 5.74) is 0.873. The molecule has 1 amide bonds. The molecule has 1 unspecified atom stereocenters. The number of hydrogen-bond acceptors (Lipinski definition) is 4. The summed E-state index contributed by atoms with van der Waals surface area (Å²) < 4.78 is 5.71. The van der Waals surface area contributed by atoms with Gasteiger partial charge in [0.25, 0.3) is 0 Å². The number of carbonyl (C=O) groups is 1. The summed E-state index contributed by atoms with van der Waals surface area (Å²) in [6.07, 6.45) is 3.07. The summed E-state index contributed by atoms with van der Waals surface area (Å²) in [7, 11) is 0. The molecule has 2 saturated heterocycles. The van der Waals surface area contributed by atoms with Gasteiger partial charge in [-0.2, -0.15) is 11.3 Å². The molecule has 0 N–H and O–H groups in total. The SMILES string of the molecule is Cc1ccc(CN2CCCC3(CCN(c4ccsc4)C3=O)C2)o1. The molecule has 2 aromatic heterocycles. The van der Waals surface area contributed by atoms with E-state index in [9.17, 15) is 4.79 Å². The van der Waals surface area contributed by atoms with Crippen molar-refractivity contribution in [3.8, 4) is 0 Å². The predicted molar refractivity (Wildman–Crippen MR) is 91.7 cm³/mol. The third kappa shape index (κ3) is 2.72. The van der Waals surface area contributed by atoms with Crippen molar-refractivity contribution in [2.24, 2.45) is 5.41 Å². The standard InChI is InChI=1S/C18H22N2O2S/c1-14-3-4-16(22-14)11-19-8-2-6-18(13-19)7-9-20(17(18)21)15-5-10-23-12-15/h3-5,10,12H,2,6-9,11,13H2,1H3. The van der Waals surface area contributed by atoms with Crippen LogP contribution in [-0.4, -0.2) is 30.4 Å². The monoisotopic (exact) mass is 330 g/mol. The zero-order valence-corrected chi connectivity index (χ0v) is 14.3. The molecule has 23 heavy (non-hydrogen) atoms. The Labute approximate surface area is 140 Å². The summed E-state index contributed by atoms with van der Waals surface area (Å²) in [6.45, 7) is 5.53. The van der Waals surface area contributed by atoms with E-state index in [0.717, 1.165) is 62.6 Å². The van der Waals surface area contributed by atoms with Crippen molar-refractivity contribution in [2.75, 3.05) is 24.5 Å². The van der Waals surface area contributed by atoms with Gasteiger partial charge >= 0.3 is 0 Å². The molecule has 4 rings (SSSR count). The fourth-order valence-corrected chi connectivity index (χ4v) is 4.65. The van der Waals surface area contributed by atoms with E-state index >= 15 is 0 Å². The molecule has 4 heterocycles. The van der Waals surface area contributed by atoms with Gasteiger partial charge in [-0.25, -0.2) is 0 Å². The van der Waals surface area contributed by atoms with Gasteiger partial charge in [-0.15, -0.1) is 0 Å². The second-order valence-electron chi connectivity index (χ2n) is 6.80. The number of piperidine rings is 1. The zero-order valence-electron chi connectivity index (χ0n) is 13.5. The molecular weight excluding hydrogens is 308 g/mol. The third-order valence-electron chi connectivity index (χ3n) is 5.16. The molecule has 2 aromatic rings. The molecule has 1 spiro atoms. The summed E-state index contributed by atoms with van der Waals surface area (Å²) in [4.78, 5) is 17.4. The minimum atomic E-state index is -0.193. The van der Waals surface area contributed by atoms with E-state index in [1.807, 2.05) is 35.4 Å². The van der Waals surface area contributed by atoms with E-state index in [2.05, 4.69) is 10.3 Å². The summed E-state index contributed by atoms with van der Waals surface area (Å²) in [6, 6.07) is 6.10. The lowest BCUT2D eigenvalue weighted by atomic mass is 9.78. The van der Waals surface area contributed by atoms with Crippen LogP contribution in [0.3, 0.4) is 0 Å². The molecule has 122 valence electrons. The van der Waals surface area contributed by atoms with Crippen LogP contribution < -0.4 is 4.90 Å². The van der Waals surface area contributed by atoms with Crippen molar-refractivity contribution in [1.82, 2.24) is 4.90 Å². The first kappa shape index (κ1) is 15.0. The maximum absolute atomic E-state index is 13.1. The van der Waals surface area contributed by atoms with Gasteiger partial charge in [-0.1, -0.05) is 0 Å². The number of rotatable bonds is 3. The normalized spacial score (nSPS) is 25.6. The van der Waals surface area contributed by atoms with Crippen molar-refractivity contribution < 1.29 is 9.21 Å². The average Bonchev–Trinajstić information content (AvgIpc) is 3.24. The minimum absolute atomic E-state index is 0.193. The van der Waals surface area contributed by atoms with Gasteiger partial charge in [0.15, 0.2) is 0 Å². The maximum atomic E-state index is 13.1. The number of carbonyl (C=O) groups excluding carboxylic acids is 1. The maximum Gasteiger partial charge on any atom is 0.234 e. The Balaban J connectivity index is 1.49. The minimum Gasteiger partial charge on any atom is -0.465 e. The lowest BCUT2D eigenvalue weighted by molar-refractivity contribution is -0.128. The van der Waals surface area contributed by atoms with Gasteiger partial charge in [-0.05, 0) is 56.3 Å². The number of furan rings is 1. The molecule has 0 aliphatic carbocycles. The van der Waals surface area contributed by atoms with E-state index in [-0.39, 0.29) is 5.41 Å². The van der Waals surface area contributed by atoms with Crippen molar-refractivity contribution in [3.05, 3.63) is 40.5 Å². The van der Waals surface area contributed by atoms with Gasteiger partial charge in [0, 0.05) is 18.5 Å². The van der Waals surface area contributed by atoms with Crippen LogP contribution in [0.25, 0.3) is 0 Å². The fourth-order valence-electron chi connectivity index (χ4n) is 4.01. The first-order chi connectivity index (χ1) is 11.2. The van der Waals surface area contributed by atoms with Crippen LogP contribution in [0.2, 0.25) is 0 Å². The smallest absolute Gasteiger partial charge is 0.234 e. The molecule has 0 radical (unpaired) electrons. The second-order valence-corrected chi connectivity index (χ2v) is 7.58. The van der Waals surface area contributed by atoms with Crippen LogP contribution in [0.4, 0.5) is 5.69 Å². The molecule has 2 aliphatic heterocycles. The van der Waals surface area contributed by atoms with E-state index in [1.54, 1.807) is 11.3 Å². The lowest BCUT2D eigenvalue weighted by Crippen LogP contribution is -2.47. The number of nitrogens with zero attached hydrogens (tertiary/aromatic N) is 2. The molecule has 2 fully saturated rings. The molecular formula is C18H22N2O2S. The van der Waals surface area contributed by atoms with E-state index in [1.165, 1.54) is 0 Å². The molecule has 4 nitrogen and oxygen atoms in total. The third-order valence-corrected chi connectivity index (χ3v) is 5.83. The van der Waals surface area contributed by atoms with Crippen LogP contribution in [0.15, 0.2) is 33.4 Å². The van der Waals surface area contributed by atoms with Crippen LogP contribution in [0, 0.1) is 12.3 Å². The number of thiophene rings is 1. The topological polar surface area (TPSA) is 36.7 Å². The number of amides is 1. The van der Waals surface area contributed by atoms with Gasteiger partial charge < -0.3 is 9.32 Å². The molecule has 0 aromatic carbocycles. The Kier molecular flexibility index (Phi) is 3.77. The number of anilines is 1. The largest absolute Gasteiger partial charge is 0.465 e. The average molecular weight is 330 g/mol. The number of likely N-dealkylation sites (tertiary alicyclic amines) is 1. The van der Waals surface area contributed by atoms with Crippen molar-refractivity contribution >= 4 is 22.9 Å². The van der Waals surface area contributed by atoms with Crippen molar-refractivity contribution in [3.63, 3.8) is 0 Å². The van der Waals surface area contributed by atoms with Gasteiger partial charge in [0.05, 0.1) is 17.6 Å². The molecule has 0 bridgehead atoms. The van der Waals surface area contributed by atoms with Gasteiger partial charge in [0.1, 0.15) is 11.5 Å². The van der Waals surface area contributed by atoms with Gasteiger partial charge in [0.2, 0.25) is 5.91 Å². The Morgan fingerprint density at radius 3 is 2.91 bits per heavy atom. The van der Waals surface area contributed by atoms with E-state index in [0.29, 0.717) is 5.91 Å².